The van der Waals surface area contributed by atoms with E-state index >= 15 is 0 Å². The second kappa shape index (κ2) is 4.80. The zero-order valence-corrected chi connectivity index (χ0v) is 10.7. The van der Waals surface area contributed by atoms with Crippen LogP contribution in [0.5, 0.6) is 0 Å². The van der Waals surface area contributed by atoms with Crippen LogP contribution in [0, 0.1) is 0 Å². The van der Waals surface area contributed by atoms with Crippen LogP contribution in [0.3, 0.4) is 0 Å². The molecule has 0 radical (unpaired) electrons. The highest BCUT2D eigenvalue weighted by atomic mass is 35.5. The summed E-state index contributed by atoms with van der Waals surface area (Å²) in [7, 11) is 0. The molecule has 2 N–H and O–H groups in total. The molecule has 6 heteroatoms. The lowest BCUT2D eigenvalue weighted by molar-refractivity contribution is -0.137. The van der Waals surface area contributed by atoms with Crippen molar-refractivity contribution in [3.05, 3.63) is 29.3 Å². The van der Waals surface area contributed by atoms with E-state index in [2.05, 4.69) is 0 Å². The molecule has 0 aliphatic carbocycles. The van der Waals surface area contributed by atoms with Gasteiger partial charge in [0.25, 0.3) is 0 Å². The Kier molecular flexibility index (Phi) is 3.96. The van der Waals surface area contributed by atoms with Gasteiger partial charge in [-0.05, 0) is 42.6 Å². The Morgan fingerprint density at radius 3 is 2.28 bits per heavy atom. The molecule has 100 valence electrons. The van der Waals surface area contributed by atoms with Crippen LogP contribution in [0.1, 0.15) is 31.4 Å². The quantitative estimate of drug-likeness (QED) is 0.677. The summed E-state index contributed by atoms with van der Waals surface area (Å²) in [5.41, 5.74) is 3.93. The topological polar surface area (TPSA) is 43.1 Å². The predicted molar refractivity (Wildman–Crippen MR) is 64.4 cm³/mol. The van der Waals surface area contributed by atoms with Gasteiger partial charge in [-0.3, -0.25) is 4.79 Å². The van der Waals surface area contributed by atoms with Gasteiger partial charge in [0.15, 0.2) is 0 Å². The second-order valence-corrected chi connectivity index (χ2v) is 4.60. The average Bonchev–Trinajstić information content (AvgIpc) is 2.26. The fraction of sp³-hybridized carbons (Fsp3) is 0.417. The third-order valence-corrected chi connectivity index (χ3v) is 3.53. The van der Waals surface area contributed by atoms with Crippen LogP contribution in [0.2, 0.25) is 0 Å². The maximum atomic E-state index is 12.5. The Bertz CT molecular complexity index is 473. The molecule has 0 fully saturated rings. The molecular weight excluding hydrogens is 267 g/mol. The number of hydrogen-bond donors (Lipinski definition) is 1. The van der Waals surface area contributed by atoms with Crippen molar-refractivity contribution in [3.8, 4) is 0 Å². The molecule has 0 aliphatic heterocycles. The molecule has 1 rings (SSSR count). The van der Waals surface area contributed by atoms with E-state index in [1.165, 1.54) is 6.07 Å². The monoisotopic (exact) mass is 279 g/mol. The summed E-state index contributed by atoms with van der Waals surface area (Å²) in [5.74, 6) is 0. The minimum Gasteiger partial charge on any atom is -0.398 e. The van der Waals surface area contributed by atoms with E-state index in [1.807, 2.05) is 0 Å². The molecule has 0 aliphatic rings. The van der Waals surface area contributed by atoms with Crippen LogP contribution in [0.25, 0.3) is 0 Å². The Labute approximate surface area is 108 Å². The van der Waals surface area contributed by atoms with Crippen molar-refractivity contribution in [1.82, 2.24) is 0 Å². The number of alkyl halides is 3. The van der Waals surface area contributed by atoms with Gasteiger partial charge >= 0.3 is 6.18 Å². The van der Waals surface area contributed by atoms with E-state index in [0.29, 0.717) is 12.0 Å². The normalized spacial score (nSPS) is 15.2. The zero-order valence-electron chi connectivity index (χ0n) is 9.94. The average molecular weight is 280 g/mol. The van der Waals surface area contributed by atoms with Crippen molar-refractivity contribution >= 4 is 22.5 Å². The van der Waals surface area contributed by atoms with E-state index in [1.54, 1.807) is 13.8 Å². The van der Waals surface area contributed by atoms with E-state index < -0.39 is 22.4 Å². The molecule has 2 nitrogen and oxygen atoms in total. The van der Waals surface area contributed by atoms with E-state index in [0.717, 1.165) is 12.1 Å². The molecule has 0 amide bonds. The highest BCUT2D eigenvalue weighted by molar-refractivity contribution is 6.65. The molecule has 0 spiro atoms. The molecule has 1 atom stereocenters. The summed E-state index contributed by atoms with van der Waals surface area (Å²) in [6.45, 7) is 3.28. The number of nitrogens with two attached hydrogens (primary N) is 1. The molecule has 1 aromatic rings. The van der Waals surface area contributed by atoms with Gasteiger partial charge in [-0.1, -0.05) is 13.0 Å². The molecule has 0 saturated heterocycles. The first-order chi connectivity index (χ1) is 8.13. The third-order valence-electron chi connectivity index (χ3n) is 3.11. The smallest absolute Gasteiger partial charge is 0.398 e. The number of carbonyl (C=O) groups is 1. The lowest BCUT2D eigenvalue weighted by atomic mass is 9.80. The number of rotatable bonds is 3. The number of benzene rings is 1. The maximum Gasteiger partial charge on any atom is 0.416 e. The predicted octanol–water partition coefficient (Wildman–Crippen LogP) is 3.72. The van der Waals surface area contributed by atoms with Gasteiger partial charge in [0.1, 0.15) is 0 Å². The summed E-state index contributed by atoms with van der Waals surface area (Å²) >= 11 is 5.50. The second-order valence-electron chi connectivity index (χ2n) is 4.26. The van der Waals surface area contributed by atoms with Gasteiger partial charge in [0.2, 0.25) is 5.24 Å². The molecule has 0 heterocycles. The van der Waals surface area contributed by atoms with Gasteiger partial charge in [0.05, 0.1) is 11.0 Å². The highest BCUT2D eigenvalue weighted by Crippen LogP contribution is 2.37. The van der Waals surface area contributed by atoms with Gasteiger partial charge in [-0.15, -0.1) is 0 Å². The van der Waals surface area contributed by atoms with Crippen molar-refractivity contribution in [2.45, 2.75) is 31.9 Å². The maximum absolute atomic E-state index is 12.5. The zero-order chi connectivity index (χ0) is 14.1. The van der Waals surface area contributed by atoms with E-state index in [-0.39, 0.29) is 5.69 Å². The molecule has 0 aromatic heterocycles. The summed E-state index contributed by atoms with van der Waals surface area (Å²) in [4.78, 5) is 11.4. The number of nitrogen functional groups attached to an aromatic ring is 1. The van der Waals surface area contributed by atoms with Crippen LogP contribution in [-0.2, 0) is 16.4 Å². The molecule has 1 unspecified atom stereocenters. The Hall–Kier alpha value is -1.23. The summed E-state index contributed by atoms with van der Waals surface area (Å²) in [6, 6.07) is 2.93. The van der Waals surface area contributed by atoms with Crippen molar-refractivity contribution in [2.24, 2.45) is 0 Å². The molecule has 18 heavy (non-hydrogen) atoms. The van der Waals surface area contributed by atoms with Crippen molar-refractivity contribution in [3.63, 3.8) is 0 Å². The fourth-order valence-electron chi connectivity index (χ4n) is 1.68. The Morgan fingerprint density at radius 2 is 1.94 bits per heavy atom. The van der Waals surface area contributed by atoms with Crippen molar-refractivity contribution in [1.29, 1.82) is 0 Å². The van der Waals surface area contributed by atoms with Gasteiger partial charge in [-0.25, -0.2) is 0 Å². The third kappa shape index (κ3) is 2.61. The lowest BCUT2D eigenvalue weighted by Gasteiger charge is -2.26. The highest BCUT2D eigenvalue weighted by Gasteiger charge is 2.36. The number of halogens is 4. The van der Waals surface area contributed by atoms with Crippen LogP contribution in [0.4, 0.5) is 18.9 Å². The van der Waals surface area contributed by atoms with Crippen LogP contribution >= 0.6 is 11.6 Å². The summed E-state index contributed by atoms with van der Waals surface area (Å²) in [6.07, 6.45) is -4.11. The lowest BCUT2D eigenvalue weighted by Crippen LogP contribution is -2.29. The van der Waals surface area contributed by atoms with Gasteiger partial charge in [0, 0.05) is 5.69 Å². The standard InChI is InChI=1S/C12H13ClF3NO/c1-3-11(2,10(13)18)8-5-4-7(6-9(8)17)12(14,15)16/h4-6H,3,17H2,1-2H3. The van der Waals surface area contributed by atoms with Crippen LogP contribution in [-0.4, -0.2) is 5.24 Å². The summed E-state index contributed by atoms with van der Waals surface area (Å²) in [5, 5.41) is -0.642. The Balaban J connectivity index is 3.33. The first-order valence-electron chi connectivity index (χ1n) is 5.30. The minimum atomic E-state index is -4.46. The van der Waals surface area contributed by atoms with E-state index in [4.69, 9.17) is 17.3 Å². The van der Waals surface area contributed by atoms with Crippen LogP contribution < -0.4 is 5.73 Å². The number of carbonyl (C=O) groups excluding carboxylic acids is 1. The molecule has 0 bridgehead atoms. The minimum absolute atomic E-state index is 0.0804. The SMILES string of the molecule is CCC(C)(C(=O)Cl)c1ccc(C(F)(F)F)cc1N. The first-order valence-corrected chi connectivity index (χ1v) is 5.68. The van der Waals surface area contributed by atoms with Gasteiger partial charge in [-0.2, -0.15) is 13.2 Å². The molecular formula is C12H13ClF3NO. The van der Waals surface area contributed by atoms with Crippen molar-refractivity contribution < 1.29 is 18.0 Å². The number of hydrogen-bond acceptors (Lipinski definition) is 2. The number of anilines is 1. The molecule has 0 saturated carbocycles. The van der Waals surface area contributed by atoms with Gasteiger partial charge < -0.3 is 5.73 Å². The van der Waals surface area contributed by atoms with Crippen LogP contribution in [0.15, 0.2) is 18.2 Å². The Morgan fingerprint density at radius 1 is 1.39 bits per heavy atom. The fourth-order valence-corrected chi connectivity index (χ4v) is 1.91. The largest absolute Gasteiger partial charge is 0.416 e. The van der Waals surface area contributed by atoms with Crippen molar-refractivity contribution in [2.75, 3.05) is 5.73 Å². The summed E-state index contributed by atoms with van der Waals surface area (Å²) < 4.78 is 37.5. The molecule has 1 aromatic carbocycles. The van der Waals surface area contributed by atoms with E-state index in [9.17, 15) is 18.0 Å². The first kappa shape index (κ1) is 14.8.